The van der Waals surface area contributed by atoms with Gasteiger partial charge in [-0.25, -0.2) is 4.98 Å². The van der Waals surface area contributed by atoms with E-state index in [-0.39, 0.29) is 36.0 Å². The molecule has 1 unspecified atom stereocenters. The number of imide groups is 1. The number of likely N-dealkylation sites (tertiary alicyclic amines) is 1. The third-order valence-corrected chi connectivity index (χ3v) is 15.2. The molecule has 15 heteroatoms. The van der Waals surface area contributed by atoms with Gasteiger partial charge < -0.3 is 24.9 Å². The maximum Gasteiger partial charge on any atom is 0.255 e. The molecular formula is C50H65N9O5S. The molecule has 4 saturated heterocycles. The molecule has 1 aromatic carbocycles. The van der Waals surface area contributed by atoms with Crippen LogP contribution in [0.3, 0.4) is 0 Å². The summed E-state index contributed by atoms with van der Waals surface area (Å²) >= 11 is 1.80. The topological polar surface area (TPSA) is 151 Å². The van der Waals surface area contributed by atoms with Crippen molar-refractivity contribution in [3.05, 3.63) is 89.4 Å². The Morgan fingerprint density at radius 3 is 2.42 bits per heavy atom. The van der Waals surface area contributed by atoms with Crippen LogP contribution in [-0.4, -0.2) is 142 Å². The minimum absolute atomic E-state index is 0.0784. The van der Waals surface area contributed by atoms with E-state index in [1.165, 1.54) is 12.8 Å². The lowest BCUT2D eigenvalue weighted by Gasteiger charge is -2.43. The van der Waals surface area contributed by atoms with E-state index < -0.39 is 6.04 Å². The molecule has 0 radical (unpaired) electrons. The average Bonchev–Trinajstić information content (AvgIpc) is 3.68. The van der Waals surface area contributed by atoms with Gasteiger partial charge in [-0.05, 0) is 117 Å². The summed E-state index contributed by atoms with van der Waals surface area (Å²) in [5.41, 5.74) is 3.26. The molecule has 5 amide bonds. The van der Waals surface area contributed by atoms with Crippen LogP contribution in [0.15, 0.2) is 72.0 Å². The molecule has 65 heavy (non-hydrogen) atoms. The second-order valence-corrected chi connectivity index (χ2v) is 19.4. The van der Waals surface area contributed by atoms with Crippen LogP contribution in [0.5, 0.6) is 0 Å². The lowest BCUT2D eigenvalue weighted by molar-refractivity contribution is -0.137. The number of unbranched alkanes of at least 4 members (excludes halogenated alkanes) is 3. The minimum Gasteiger partial charge on any atom is -0.357 e. The summed E-state index contributed by atoms with van der Waals surface area (Å²) in [4.78, 5) is 84.0. The summed E-state index contributed by atoms with van der Waals surface area (Å²) in [5, 5.41) is 5.36. The molecule has 5 aliphatic rings. The van der Waals surface area contributed by atoms with Crippen LogP contribution in [0.25, 0.3) is 6.08 Å². The second-order valence-electron chi connectivity index (χ2n) is 18.2. The number of nitrogens with one attached hydrogen (secondary N) is 2. The SMILES string of the molecule is O=C(/C=C/c1cccnc1)NCCCCC1CCN(C(=O)c2ccc(N3CCC(N4CCN(CCCCCSc5cccc6c5CN(C5CCC(=O)NC5=O)C6=O)CC4)CC3)nc2)CC1. The van der Waals surface area contributed by atoms with Gasteiger partial charge in [0.1, 0.15) is 11.9 Å². The van der Waals surface area contributed by atoms with Crippen LogP contribution < -0.4 is 15.5 Å². The number of hydrogen-bond acceptors (Lipinski definition) is 11. The Balaban J connectivity index is 0.659. The second kappa shape index (κ2) is 22.9. The average molecular weight is 904 g/mol. The number of piperazine rings is 1. The Kier molecular flexibility index (Phi) is 16.3. The fourth-order valence-electron chi connectivity index (χ4n) is 10.1. The van der Waals surface area contributed by atoms with Crippen molar-refractivity contribution in [1.29, 1.82) is 0 Å². The van der Waals surface area contributed by atoms with Gasteiger partial charge >= 0.3 is 0 Å². The van der Waals surface area contributed by atoms with E-state index in [0.717, 1.165) is 138 Å². The smallest absolute Gasteiger partial charge is 0.255 e. The van der Waals surface area contributed by atoms with Crippen LogP contribution in [0.1, 0.15) is 109 Å². The van der Waals surface area contributed by atoms with Crippen LogP contribution in [0.4, 0.5) is 5.82 Å². The van der Waals surface area contributed by atoms with Crippen LogP contribution >= 0.6 is 11.8 Å². The normalized spacial score (nSPS) is 20.4. The Bertz CT molecular complexity index is 2130. The van der Waals surface area contributed by atoms with Crippen molar-refractivity contribution in [2.24, 2.45) is 5.92 Å². The van der Waals surface area contributed by atoms with Crippen molar-refractivity contribution in [3.63, 3.8) is 0 Å². The van der Waals surface area contributed by atoms with E-state index in [2.05, 4.69) is 36.4 Å². The van der Waals surface area contributed by atoms with Gasteiger partial charge in [-0.15, -0.1) is 11.8 Å². The summed E-state index contributed by atoms with van der Waals surface area (Å²) in [7, 11) is 0. The Labute approximate surface area is 388 Å². The van der Waals surface area contributed by atoms with Gasteiger partial charge in [0, 0.05) is 113 Å². The highest BCUT2D eigenvalue weighted by Gasteiger charge is 2.40. The number of carbonyl (C=O) groups is 5. The number of piperidine rings is 3. The Morgan fingerprint density at radius 2 is 1.66 bits per heavy atom. The molecule has 0 bridgehead atoms. The summed E-state index contributed by atoms with van der Waals surface area (Å²) in [6.07, 6.45) is 20.1. The fourth-order valence-corrected chi connectivity index (χ4v) is 11.2. The van der Waals surface area contributed by atoms with Crippen molar-refractivity contribution in [3.8, 4) is 0 Å². The monoisotopic (exact) mass is 903 g/mol. The molecule has 3 aromatic rings. The zero-order valence-corrected chi connectivity index (χ0v) is 38.5. The predicted octanol–water partition coefficient (Wildman–Crippen LogP) is 5.64. The van der Waals surface area contributed by atoms with E-state index in [1.807, 2.05) is 41.3 Å². The number of benzene rings is 1. The highest BCUT2D eigenvalue weighted by atomic mass is 32.2. The predicted molar refractivity (Wildman–Crippen MR) is 253 cm³/mol. The van der Waals surface area contributed by atoms with Gasteiger partial charge in [-0.3, -0.25) is 39.2 Å². The Hall–Kier alpha value is -5.12. The number of amides is 5. The largest absolute Gasteiger partial charge is 0.357 e. The summed E-state index contributed by atoms with van der Waals surface area (Å²) < 4.78 is 0. The van der Waals surface area contributed by atoms with Crippen molar-refractivity contribution in [1.82, 2.24) is 40.2 Å². The number of fused-ring (bicyclic) bond motifs is 1. The molecule has 1 atom stereocenters. The number of rotatable bonds is 18. The van der Waals surface area contributed by atoms with Gasteiger partial charge in [-0.2, -0.15) is 0 Å². The molecule has 2 aromatic heterocycles. The molecule has 4 fully saturated rings. The third-order valence-electron chi connectivity index (χ3n) is 14.0. The van der Waals surface area contributed by atoms with Crippen molar-refractivity contribution in [2.75, 3.05) is 76.1 Å². The molecule has 0 saturated carbocycles. The fraction of sp³-hybridized carbons (Fsp3) is 0.540. The number of anilines is 1. The third kappa shape index (κ3) is 12.4. The maximum absolute atomic E-state index is 13.4. The van der Waals surface area contributed by atoms with Gasteiger partial charge in [-0.1, -0.05) is 31.4 Å². The van der Waals surface area contributed by atoms with E-state index in [0.29, 0.717) is 42.6 Å². The number of hydrogen-bond donors (Lipinski definition) is 2. The molecule has 2 N–H and O–H groups in total. The van der Waals surface area contributed by atoms with Crippen LogP contribution in [-0.2, 0) is 20.9 Å². The van der Waals surface area contributed by atoms with E-state index in [4.69, 9.17) is 4.98 Å². The van der Waals surface area contributed by atoms with Crippen molar-refractivity contribution in [2.45, 2.75) is 101 Å². The van der Waals surface area contributed by atoms with Gasteiger partial charge in [0.15, 0.2) is 0 Å². The zero-order valence-electron chi connectivity index (χ0n) is 37.7. The first kappa shape index (κ1) is 46.4. The molecular weight excluding hydrogens is 839 g/mol. The standard InChI is InChI=1S/C50H65N9O5S/c60-46(16-12-38-9-7-22-51-34-38)52-23-3-2-8-37-18-25-58(26-19-37)49(63)39-13-15-45(53-35-39)57-27-20-40(21-28-57)56-31-29-55(30-32-56)24-4-1-5-33-65-44-11-6-10-41-42(44)36-59(50(41)64)43-14-17-47(61)54-48(43)62/h6-7,9-13,15-16,22,34-35,37,40,43H,1-5,8,14,17-21,23-33,36H2,(H,52,60)(H,54,61,62)/b16-12+. The molecule has 7 heterocycles. The molecule has 346 valence electrons. The van der Waals surface area contributed by atoms with Gasteiger partial charge in [0.25, 0.3) is 11.8 Å². The Morgan fingerprint density at radius 1 is 0.831 bits per heavy atom. The molecule has 5 aliphatic heterocycles. The number of thioether (sulfide) groups is 1. The molecule has 8 rings (SSSR count). The quantitative estimate of drug-likeness (QED) is 0.0707. The minimum atomic E-state index is -0.584. The zero-order chi connectivity index (χ0) is 45.0. The first-order valence-corrected chi connectivity index (χ1v) is 25.0. The number of aromatic nitrogens is 2. The number of nitrogens with zero attached hydrogens (tertiary/aromatic N) is 7. The van der Waals surface area contributed by atoms with E-state index in [9.17, 15) is 24.0 Å². The number of carbonyl (C=O) groups excluding carboxylic acids is 5. The van der Waals surface area contributed by atoms with Crippen molar-refractivity contribution >= 4 is 53.2 Å². The summed E-state index contributed by atoms with van der Waals surface area (Å²) in [6.45, 7) is 10.2. The van der Waals surface area contributed by atoms with Crippen molar-refractivity contribution < 1.29 is 24.0 Å². The number of pyridine rings is 2. The van der Waals surface area contributed by atoms with Gasteiger partial charge in [0.2, 0.25) is 17.7 Å². The maximum atomic E-state index is 13.4. The summed E-state index contributed by atoms with van der Waals surface area (Å²) in [5.74, 6) is 1.81. The molecule has 0 aliphatic carbocycles. The first-order valence-electron chi connectivity index (χ1n) is 24.0. The lowest BCUT2D eigenvalue weighted by Crippen LogP contribution is -2.53. The van der Waals surface area contributed by atoms with E-state index in [1.54, 1.807) is 47.4 Å². The van der Waals surface area contributed by atoms with Crippen LogP contribution in [0, 0.1) is 5.92 Å². The highest BCUT2D eigenvalue weighted by molar-refractivity contribution is 7.99. The highest BCUT2D eigenvalue weighted by Crippen LogP contribution is 2.35. The summed E-state index contributed by atoms with van der Waals surface area (Å²) in [6, 6.07) is 13.6. The first-order chi connectivity index (χ1) is 31.8. The molecule has 14 nitrogen and oxygen atoms in total. The van der Waals surface area contributed by atoms with E-state index >= 15 is 0 Å². The lowest BCUT2D eigenvalue weighted by atomic mass is 9.91. The van der Waals surface area contributed by atoms with Crippen LogP contribution in [0.2, 0.25) is 0 Å². The van der Waals surface area contributed by atoms with Gasteiger partial charge in [0.05, 0.1) is 5.56 Å². The molecule has 0 spiro atoms.